The van der Waals surface area contributed by atoms with Gasteiger partial charge in [-0.1, -0.05) is 0 Å². The number of rotatable bonds is 4. The number of piperidine rings is 1. The average molecular weight is 357 g/mol. The van der Waals surface area contributed by atoms with E-state index in [1.807, 2.05) is 13.8 Å². The molecule has 2 rings (SSSR count). The zero-order chi connectivity index (χ0) is 18.6. The van der Waals surface area contributed by atoms with E-state index in [0.717, 1.165) is 12.1 Å². The fourth-order valence-electron chi connectivity index (χ4n) is 2.87. The van der Waals surface area contributed by atoms with E-state index >= 15 is 0 Å². The standard InChI is InChI=1S/C17H22F3N3O2/c1-3-22(4-2)17(25)21-11-7-9-23(10-8-11)16(24)12-5-6-13(18)15(20)14(12)19/h5-6,11H,3-4,7-10H2,1-2H3,(H,21,25). The fraction of sp³-hybridized carbons (Fsp3) is 0.529. The van der Waals surface area contributed by atoms with Crippen LogP contribution in [0.5, 0.6) is 0 Å². The van der Waals surface area contributed by atoms with Crippen LogP contribution in [-0.2, 0) is 0 Å². The minimum atomic E-state index is -1.65. The maximum Gasteiger partial charge on any atom is 0.317 e. The molecule has 0 aliphatic carbocycles. The Balaban J connectivity index is 1.95. The van der Waals surface area contributed by atoms with Gasteiger partial charge in [0, 0.05) is 32.2 Å². The van der Waals surface area contributed by atoms with Gasteiger partial charge in [-0.25, -0.2) is 18.0 Å². The molecule has 0 radical (unpaired) electrons. The molecule has 3 amide bonds. The zero-order valence-electron chi connectivity index (χ0n) is 14.3. The van der Waals surface area contributed by atoms with E-state index in [2.05, 4.69) is 5.32 Å². The maximum absolute atomic E-state index is 13.8. The molecular weight excluding hydrogens is 335 g/mol. The first kappa shape index (κ1) is 19.1. The summed E-state index contributed by atoms with van der Waals surface area (Å²) >= 11 is 0. The molecule has 1 aromatic rings. The molecule has 1 aromatic carbocycles. The van der Waals surface area contributed by atoms with Crippen molar-refractivity contribution in [1.82, 2.24) is 15.1 Å². The Bertz CT molecular complexity index is 642. The van der Waals surface area contributed by atoms with Gasteiger partial charge in [0.2, 0.25) is 0 Å². The number of carbonyl (C=O) groups is 2. The lowest BCUT2D eigenvalue weighted by Crippen LogP contribution is -2.50. The van der Waals surface area contributed by atoms with Crippen LogP contribution < -0.4 is 5.32 Å². The summed E-state index contributed by atoms with van der Waals surface area (Å²) in [5.74, 6) is -5.12. The van der Waals surface area contributed by atoms with Crippen molar-refractivity contribution < 1.29 is 22.8 Å². The summed E-state index contributed by atoms with van der Waals surface area (Å²) < 4.78 is 40.0. The summed E-state index contributed by atoms with van der Waals surface area (Å²) in [6.07, 6.45) is 1.04. The molecule has 0 aromatic heterocycles. The minimum absolute atomic E-state index is 0.0769. The molecular formula is C17H22F3N3O2. The van der Waals surface area contributed by atoms with Gasteiger partial charge in [-0.3, -0.25) is 4.79 Å². The second-order valence-electron chi connectivity index (χ2n) is 5.91. The summed E-state index contributed by atoms with van der Waals surface area (Å²) in [6, 6.07) is 1.46. The first-order valence-corrected chi connectivity index (χ1v) is 8.37. The van der Waals surface area contributed by atoms with Crippen LogP contribution in [0, 0.1) is 17.5 Å². The minimum Gasteiger partial charge on any atom is -0.338 e. The Morgan fingerprint density at radius 2 is 1.72 bits per heavy atom. The third kappa shape index (κ3) is 4.24. The lowest BCUT2D eigenvalue weighted by Gasteiger charge is -2.33. The number of halogens is 3. The molecule has 1 aliphatic rings. The molecule has 1 aliphatic heterocycles. The molecule has 138 valence electrons. The molecule has 0 unspecified atom stereocenters. The first-order chi connectivity index (χ1) is 11.9. The molecule has 0 spiro atoms. The molecule has 1 N–H and O–H groups in total. The molecule has 25 heavy (non-hydrogen) atoms. The van der Waals surface area contributed by atoms with Gasteiger partial charge in [-0.15, -0.1) is 0 Å². The van der Waals surface area contributed by atoms with Crippen LogP contribution in [0.25, 0.3) is 0 Å². The molecule has 1 heterocycles. The fourth-order valence-corrected chi connectivity index (χ4v) is 2.87. The Hall–Kier alpha value is -2.25. The molecule has 0 saturated carbocycles. The Morgan fingerprint density at radius 1 is 1.12 bits per heavy atom. The SMILES string of the molecule is CCN(CC)C(=O)NC1CCN(C(=O)c2ccc(F)c(F)c2F)CC1. The number of amides is 3. The van der Waals surface area contributed by atoms with Crippen molar-refractivity contribution in [3.8, 4) is 0 Å². The predicted octanol–water partition coefficient (Wildman–Crippen LogP) is 2.76. The van der Waals surface area contributed by atoms with E-state index in [9.17, 15) is 22.8 Å². The Morgan fingerprint density at radius 3 is 2.28 bits per heavy atom. The molecule has 0 bridgehead atoms. The third-order valence-electron chi connectivity index (χ3n) is 4.43. The lowest BCUT2D eigenvalue weighted by atomic mass is 10.0. The van der Waals surface area contributed by atoms with Gasteiger partial charge in [-0.2, -0.15) is 0 Å². The van der Waals surface area contributed by atoms with Crippen molar-refractivity contribution >= 4 is 11.9 Å². The number of urea groups is 1. The Labute approximate surface area is 144 Å². The van der Waals surface area contributed by atoms with E-state index < -0.39 is 28.9 Å². The number of likely N-dealkylation sites (tertiary alicyclic amines) is 1. The summed E-state index contributed by atoms with van der Waals surface area (Å²) in [4.78, 5) is 27.4. The van der Waals surface area contributed by atoms with Crippen LogP contribution in [0.3, 0.4) is 0 Å². The van der Waals surface area contributed by atoms with Crippen LogP contribution in [0.4, 0.5) is 18.0 Å². The second kappa shape index (κ2) is 8.22. The molecule has 1 saturated heterocycles. The van der Waals surface area contributed by atoms with Crippen LogP contribution in [0.15, 0.2) is 12.1 Å². The molecule has 0 atom stereocenters. The Kier molecular flexibility index (Phi) is 6.27. The number of benzene rings is 1. The van der Waals surface area contributed by atoms with Crippen LogP contribution >= 0.6 is 0 Å². The van der Waals surface area contributed by atoms with E-state index in [0.29, 0.717) is 39.0 Å². The third-order valence-corrected chi connectivity index (χ3v) is 4.43. The topological polar surface area (TPSA) is 52.7 Å². The van der Waals surface area contributed by atoms with Gasteiger partial charge in [-0.05, 0) is 38.8 Å². The number of hydrogen-bond acceptors (Lipinski definition) is 2. The second-order valence-corrected chi connectivity index (χ2v) is 5.91. The number of nitrogens with zero attached hydrogens (tertiary/aromatic N) is 2. The van der Waals surface area contributed by atoms with Gasteiger partial charge < -0.3 is 15.1 Å². The summed E-state index contributed by atoms with van der Waals surface area (Å²) in [6.45, 7) is 5.60. The van der Waals surface area contributed by atoms with Gasteiger partial charge in [0.25, 0.3) is 5.91 Å². The maximum atomic E-state index is 13.8. The monoisotopic (exact) mass is 357 g/mol. The number of hydrogen-bond donors (Lipinski definition) is 1. The highest BCUT2D eigenvalue weighted by Gasteiger charge is 2.28. The van der Waals surface area contributed by atoms with Crippen molar-refractivity contribution in [3.63, 3.8) is 0 Å². The van der Waals surface area contributed by atoms with Gasteiger partial charge >= 0.3 is 6.03 Å². The normalized spacial score (nSPS) is 15.2. The van der Waals surface area contributed by atoms with Crippen LogP contribution in [0.2, 0.25) is 0 Å². The predicted molar refractivity (Wildman–Crippen MR) is 86.7 cm³/mol. The van der Waals surface area contributed by atoms with E-state index in [1.54, 1.807) is 4.90 Å². The lowest BCUT2D eigenvalue weighted by molar-refractivity contribution is 0.0700. The highest BCUT2D eigenvalue weighted by atomic mass is 19.2. The van der Waals surface area contributed by atoms with E-state index in [-0.39, 0.29) is 12.1 Å². The van der Waals surface area contributed by atoms with Crippen molar-refractivity contribution in [2.75, 3.05) is 26.2 Å². The summed E-state index contributed by atoms with van der Waals surface area (Å²) in [5.41, 5.74) is -0.482. The largest absolute Gasteiger partial charge is 0.338 e. The van der Waals surface area contributed by atoms with Crippen LogP contribution in [-0.4, -0.2) is 54.0 Å². The highest BCUT2D eigenvalue weighted by Crippen LogP contribution is 2.19. The van der Waals surface area contributed by atoms with Crippen molar-refractivity contribution in [2.45, 2.75) is 32.7 Å². The molecule has 8 heteroatoms. The molecule has 1 fully saturated rings. The van der Waals surface area contributed by atoms with Crippen molar-refractivity contribution in [2.24, 2.45) is 0 Å². The summed E-state index contributed by atoms with van der Waals surface area (Å²) in [7, 11) is 0. The molecule has 5 nitrogen and oxygen atoms in total. The number of carbonyl (C=O) groups excluding carboxylic acids is 2. The van der Waals surface area contributed by atoms with E-state index in [4.69, 9.17) is 0 Å². The van der Waals surface area contributed by atoms with Crippen LogP contribution in [0.1, 0.15) is 37.0 Å². The smallest absolute Gasteiger partial charge is 0.317 e. The van der Waals surface area contributed by atoms with Gasteiger partial charge in [0.15, 0.2) is 17.5 Å². The van der Waals surface area contributed by atoms with Crippen molar-refractivity contribution in [1.29, 1.82) is 0 Å². The number of nitrogens with one attached hydrogen (secondary N) is 1. The highest BCUT2D eigenvalue weighted by molar-refractivity contribution is 5.94. The zero-order valence-corrected chi connectivity index (χ0v) is 14.3. The summed E-state index contributed by atoms with van der Waals surface area (Å²) in [5, 5.41) is 2.91. The first-order valence-electron chi connectivity index (χ1n) is 8.37. The average Bonchev–Trinajstić information content (AvgIpc) is 2.61. The quantitative estimate of drug-likeness (QED) is 0.843. The van der Waals surface area contributed by atoms with Gasteiger partial charge in [0.05, 0.1) is 5.56 Å². The van der Waals surface area contributed by atoms with Gasteiger partial charge in [0.1, 0.15) is 0 Å². The van der Waals surface area contributed by atoms with E-state index in [1.165, 1.54) is 4.90 Å². The van der Waals surface area contributed by atoms with Crippen molar-refractivity contribution in [3.05, 3.63) is 35.1 Å².